The average molecular weight is 282 g/mol. The molecule has 1 aliphatic rings. The summed E-state index contributed by atoms with van der Waals surface area (Å²) < 4.78 is 5.38. The fraction of sp³-hybridized carbons (Fsp3) is 0.733. The Kier molecular flexibility index (Phi) is 5.60. The first-order valence-corrected chi connectivity index (χ1v) is 7.09. The molecule has 1 heterocycles. The number of rotatable bonds is 3. The molecule has 1 aliphatic heterocycles. The Hall–Kier alpha value is -1.52. The summed E-state index contributed by atoms with van der Waals surface area (Å²) >= 11 is 0. The highest BCUT2D eigenvalue weighted by Crippen LogP contribution is 2.21. The Morgan fingerprint density at radius 3 is 2.45 bits per heavy atom. The molecular weight excluding hydrogens is 256 g/mol. The van der Waals surface area contributed by atoms with E-state index in [-0.39, 0.29) is 5.78 Å². The van der Waals surface area contributed by atoms with Crippen molar-refractivity contribution in [1.82, 2.24) is 9.80 Å². The van der Waals surface area contributed by atoms with Crippen molar-refractivity contribution in [2.24, 2.45) is 0 Å². The lowest BCUT2D eigenvalue weighted by molar-refractivity contribution is -0.120. The molecule has 0 aromatic heterocycles. The van der Waals surface area contributed by atoms with Gasteiger partial charge in [0.05, 0.1) is 6.04 Å². The number of likely N-dealkylation sites (tertiary alicyclic amines) is 1. The van der Waals surface area contributed by atoms with Crippen LogP contribution in [0.25, 0.3) is 0 Å². The van der Waals surface area contributed by atoms with Crippen molar-refractivity contribution in [3.05, 3.63) is 12.3 Å². The summed E-state index contributed by atoms with van der Waals surface area (Å²) in [5.74, 6) is -0.0377. The molecule has 0 saturated carbocycles. The first-order chi connectivity index (χ1) is 9.20. The van der Waals surface area contributed by atoms with Gasteiger partial charge in [-0.25, -0.2) is 4.79 Å². The van der Waals surface area contributed by atoms with Crippen LogP contribution in [-0.2, 0) is 9.53 Å². The predicted molar refractivity (Wildman–Crippen MR) is 78.4 cm³/mol. The molecule has 1 amide bonds. The lowest BCUT2D eigenvalue weighted by Crippen LogP contribution is -2.49. The summed E-state index contributed by atoms with van der Waals surface area (Å²) in [6, 6.07) is -0.394. The number of hydrogen-bond donors (Lipinski definition) is 0. The molecule has 1 rings (SSSR count). The number of carbonyl (C=O) groups is 2. The van der Waals surface area contributed by atoms with E-state index in [1.54, 1.807) is 16.0 Å². The molecule has 0 spiro atoms. The third kappa shape index (κ3) is 5.23. The Morgan fingerprint density at radius 1 is 1.25 bits per heavy atom. The summed E-state index contributed by atoms with van der Waals surface area (Å²) in [4.78, 5) is 27.8. The van der Waals surface area contributed by atoms with Crippen molar-refractivity contribution in [2.45, 2.75) is 51.7 Å². The minimum absolute atomic E-state index is 0.0377. The topological polar surface area (TPSA) is 49.9 Å². The van der Waals surface area contributed by atoms with Crippen LogP contribution in [0.3, 0.4) is 0 Å². The third-order valence-electron chi connectivity index (χ3n) is 3.00. The van der Waals surface area contributed by atoms with Crippen LogP contribution in [0.5, 0.6) is 0 Å². The van der Waals surface area contributed by atoms with E-state index in [0.29, 0.717) is 13.0 Å². The van der Waals surface area contributed by atoms with E-state index in [1.165, 1.54) is 6.08 Å². The maximum Gasteiger partial charge on any atom is 0.410 e. The normalized spacial score (nSPS) is 20.1. The molecule has 1 saturated heterocycles. The summed E-state index contributed by atoms with van der Waals surface area (Å²) in [5, 5.41) is 0. The number of piperidine rings is 1. The zero-order valence-corrected chi connectivity index (χ0v) is 13.2. The number of ether oxygens (including phenoxy) is 1. The van der Waals surface area contributed by atoms with Gasteiger partial charge in [-0.3, -0.25) is 9.69 Å². The van der Waals surface area contributed by atoms with Crippen molar-refractivity contribution in [3.8, 4) is 0 Å². The van der Waals surface area contributed by atoms with Gasteiger partial charge < -0.3 is 9.64 Å². The molecular formula is C15H26N2O3. The minimum Gasteiger partial charge on any atom is -0.444 e. The van der Waals surface area contributed by atoms with E-state index in [9.17, 15) is 9.59 Å². The smallest absolute Gasteiger partial charge is 0.410 e. The quantitative estimate of drug-likeness (QED) is 0.746. The van der Waals surface area contributed by atoms with Crippen molar-refractivity contribution in [3.63, 3.8) is 0 Å². The van der Waals surface area contributed by atoms with Crippen molar-refractivity contribution in [1.29, 1.82) is 0 Å². The number of amides is 1. The number of carbonyl (C=O) groups excluding carboxylic acids is 2. The first kappa shape index (κ1) is 16.5. The standard InChI is InChI=1S/C15H26N2O3/c1-15(2,3)20-14(19)17-10-7-6-8-12(17)13(18)9-11-16(4)5/h9,11-12H,6-8,10H2,1-5H3/b11-9+. The fourth-order valence-corrected chi connectivity index (χ4v) is 2.10. The van der Waals surface area contributed by atoms with E-state index in [2.05, 4.69) is 0 Å². The highest BCUT2D eigenvalue weighted by Gasteiger charge is 2.33. The maximum atomic E-state index is 12.2. The molecule has 1 atom stereocenters. The van der Waals surface area contributed by atoms with E-state index in [1.807, 2.05) is 34.9 Å². The van der Waals surface area contributed by atoms with Gasteiger partial charge in [-0.05, 0) is 46.1 Å². The van der Waals surface area contributed by atoms with Crippen LogP contribution in [0, 0.1) is 0 Å². The van der Waals surface area contributed by atoms with Gasteiger partial charge in [0.25, 0.3) is 0 Å². The first-order valence-electron chi connectivity index (χ1n) is 7.09. The van der Waals surface area contributed by atoms with Crippen molar-refractivity contribution in [2.75, 3.05) is 20.6 Å². The van der Waals surface area contributed by atoms with E-state index in [4.69, 9.17) is 4.74 Å². The van der Waals surface area contributed by atoms with Crippen LogP contribution in [0.2, 0.25) is 0 Å². The average Bonchev–Trinajstić information content (AvgIpc) is 2.33. The van der Waals surface area contributed by atoms with Crippen LogP contribution >= 0.6 is 0 Å². The lowest BCUT2D eigenvalue weighted by Gasteiger charge is -2.35. The Morgan fingerprint density at radius 2 is 1.90 bits per heavy atom. The summed E-state index contributed by atoms with van der Waals surface area (Å²) in [6.07, 6.45) is 5.44. The van der Waals surface area contributed by atoms with E-state index >= 15 is 0 Å². The molecule has 114 valence electrons. The summed E-state index contributed by atoms with van der Waals surface area (Å²) in [5.41, 5.74) is -0.540. The zero-order chi connectivity index (χ0) is 15.3. The zero-order valence-electron chi connectivity index (χ0n) is 13.2. The van der Waals surface area contributed by atoms with E-state index in [0.717, 1.165) is 12.8 Å². The molecule has 20 heavy (non-hydrogen) atoms. The maximum absolute atomic E-state index is 12.2. The Balaban J connectivity index is 2.76. The van der Waals surface area contributed by atoms with Crippen LogP contribution in [0.1, 0.15) is 40.0 Å². The molecule has 0 bridgehead atoms. The Labute approximate surface area is 121 Å². The molecule has 0 aliphatic carbocycles. The predicted octanol–water partition coefficient (Wildman–Crippen LogP) is 2.42. The van der Waals surface area contributed by atoms with Crippen molar-refractivity contribution < 1.29 is 14.3 Å². The largest absolute Gasteiger partial charge is 0.444 e. The van der Waals surface area contributed by atoms with Crippen LogP contribution in [0.4, 0.5) is 4.79 Å². The molecule has 0 aromatic carbocycles. The number of nitrogens with zero attached hydrogens (tertiary/aromatic N) is 2. The minimum atomic E-state index is -0.540. The van der Waals surface area contributed by atoms with Gasteiger partial charge >= 0.3 is 6.09 Å². The van der Waals surface area contributed by atoms with E-state index < -0.39 is 17.7 Å². The number of hydrogen-bond acceptors (Lipinski definition) is 4. The van der Waals surface area contributed by atoms with Gasteiger partial charge in [0.2, 0.25) is 0 Å². The second-order valence-electron chi connectivity index (χ2n) is 6.37. The molecule has 5 nitrogen and oxygen atoms in total. The molecule has 5 heteroatoms. The summed E-state index contributed by atoms with van der Waals surface area (Å²) in [6.45, 7) is 6.08. The van der Waals surface area contributed by atoms with Crippen molar-refractivity contribution >= 4 is 11.9 Å². The molecule has 0 aromatic rings. The SMILES string of the molecule is CN(C)/C=C/C(=O)C1CCCCN1C(=O)OC(C)(C)C. The highest BCUT2D eigenvalue weighted by molar-refractivity contribution is 5.96. The van der Waals surface area contributed by atoms with Crippen LogP contribution < -0.4 is 0 Å². The molecule has 0 N–H and O–H groups in total. The van der Waals surface area contributed by atoms with Gasteiger partial charge in [-0.15, -0.1) is 0 Å². The Bertz CT molecular complexity index is 383. The third-order valence-corrected chi connectivity index (χ3v) is 3.00. The second-order valence-corrected chi connectivity index (χ2v) is 6.37. The molecule has 1 fully saturated rings. The fourth-order valence-electron chi connectivity index (χ4n) is 2.10. The monoisotopic (exact) mass is 282 g/mol. The number of ketones is 1. The van der Waals surface area contributed by atoms with Crippen LogP contribution in [-0.4, -0.2) is 54.0 Å². The van der Waals surface area contributed by atoms with Gasteiger partial charge in [0.1, 0.15) is 5.60 Å². The highest BCUT2D eigenvalue weighted by atomic mass is 16.6. The van der Waals surface area contributed by atoms with Gasteiger partial charge in [-0.2, -0.15) is 0 Å². The van der Waals surface area contributed by atoms with Gasteiger partial charge in [0, 0.05) is 26.8 Å². The molecule has 0 radical (unpaired) electrons. The second kappa shape index (κ2) is 6.77. The molecule has 1 unspecified atom stereocenters. The summed E-state index contributed by atoms with van der Waals surface area (Å²) in [7, 11) is 3.71. The lowest BCUT2D eigenvalue weighted by atomic mass is 9.99. The van der Waals surface area contributed by atoms with Gasteiger partial charge in [0.15, 0.2) is 5.78 Å². The van der Waals surface area contributed by atoms with Crippen LogP contribution in [0.15, 0.2) is 12.3 Å². The van der Waals surface area contributed by atoms with Gasteiger partial charge in [-0.1, -0.05) is 0 Å².